The first kappa shape index (κ1) is 17.9. The first-order valence-electron chi connectivity index (χ1n) is 8.40. The van der Waals surface area contributed by atoms with Crippen LogP contribution >= 0.6 is 0 Å². The molecule has 1 atom stereocenters. The fourth-order valence-electron chi connectivity index (χ4n) is 2.71. The second kappa shape index (κ2) is 8.96. The van der Waals surface area contributed by atoms with Crippen molar-refractivity contribution in [1.82, 2.24) is 10.1 Å². The Hall–Kier alpha value is -1.93. The highest BCUT2D eigenvalue weighted by atomic mass is 16.5. The van der Waals surface area contributed by atoms with Gasteiger partial charge in [0.15, 0.2) is 5.76 Å². The standard InChI is InChI=1S/C18H24N2O5/c1-22-16-4-2-14(3-5-16)18-10-17(25-19-18)13-24-12-15(21)11-20-6-8-23-9-7-20/h2-5,10,15,21H,6-9,11-13H2,1H3. The number of hydrogen-bond donors (Lipinski definition) is 1. The van der Waals surface area contributed by atoms with Crippen LogP contribution in [-0.4, -0.2) is 67.8 Å². The molecule has 0 saturated carbocycles. The summed E-state index contributed by atoms with van der Waals surface area (Å²) in [6.07, 6.45) is -0.526. The normalized spacial score (nSPS) is 16.7. The molecular weight excluding hydrogens is 324 g/mol. The molecule has 3 rings (SSSR count). The summed E-state index contributed by atoms with van der Waals surface area (Å²) in [6, 6.07) is 9.45. The summed E-state index contributed by atoms with van der Waals surface area (Å²) in [4.78, 5) is 2.17. The summed E-state index contributed by atoms with van der Waals surface area (Å²) in [7, 11) is 1.63. The van der Waals surface area contributed by atoms with Crippen molar-refractivity contribution in [3.8, 4) is 17.0 Å². The van der Waals surface area contributed by atoms with E-state index in [0.717, 1.165) is 43.3 Å². The Morgan fingerprint density at radius 1 is 1.24 bits per heavy atom. The second-order valence-corrected chi connectivity index (χ2v) is 5.99. The minimum Gasteiger partial charge on any atom is -0.497 e. The van der Waals surface area contributed by atoms with Gasteiger partial charge in [-0.1, -0.05) is 5.16 Å². The third-order valence-corrected chi connectivity index (χ3v) is 4.07. The van der Waals surface area contributed by atoms with Crippen molar-refractivity contribution in [2.24, 2.45) is 0 Å². The molecule has 0 radical (unpaired) electrons. The average molecular weight is 348 g/mol. The maximum Gasteiger partial charge on any atom is 0.163 e. The van der Waals surface area contributed by atoms with Crippen LogP contribution in [0.2, 0.25) is 0 Å². The molecule has 0 bridgehead atoms. The van der Waals surface area contributed by atoms with Gasteiger partial charge in [-0.05, 0) is 24.3 Å². The largest absolute Gasteiger partial charge is 0.497 e. The zero-order valence-electron chi connectivity index (χ0n) is 14.4. The van der Waals surface area contributed by atoms with Crippen molar-refractivity contribution in [1.29, 1.82) is 0 Å². The number of benzene rings is 1. The molecule has 25 heavy (non-hydrogen) atoms. The summed E-state index contributed by atoms with van der Waals surface area (Å²) < 4.78 is 21.3. The highest BCUT2D eigenvalue weighted by Gasteiger charge is 2.15. The molecule has 2 aromatic rings. The van der Waals surface area contributed by atoms with Crippen molar-refractivity contribution in [2.45, 2.75) is 12.7 Å². The summed E-state index contributed by atoms with van der Waals surface area (Å²) in [6.45, 7) is 4.28. The highest BCUT2D eigenvalue weighted by Crippen LogP contribution is 2.22. The smallest absolute Gasteiger partial charge is 0.163 e. The molecule has 0 amide bonds. The zero-order valence-corrected chi connectivity index (χ0v) is 14.4. The molecule has 7 nitrogen and oxygen atoms in total. The molecule has 1 aliphatic rings. The predicted octanol–water partition coefficient (Wildman–Crippen LogP) is 1.56. The van der Waals surface area contributed by atoms with Gasteiger partial charge in [0.1, 0.15) is 18.1 Å². The van der Waals surface area contributed by atoms with E-state index in [2.05, 4.69) is 10.1 Å². The number of aromatic nitrogens is 1. The van der Waals surface area contributed by atoms with E-state index in [1.807, 2.05) is 30.3 Å². The Morgan fingerprint density at radius 3 is 2.72 bits per heavy atom. The molecule has 1 aliphatic heterocycles. The van der Waals surface area contributed by atoms with Crippen molar-refractivity contribution in [3.63, 3.8) is 0 Å². The summed E-state index contributed by atoms with van der Waals surface area (Å²) >= 11 is 0. The fraction of sp³-hybridized carbons (Fsp3) is 0.500. The number of ether oxygens (including phenoxy) is 3. The Labute approximate surface area is 147 Å². The first-order chi connectivity index (χ1) is 12.2. The van der Waals surface area contributed by atoms with Crippen molar-refractivity contribution < 1.29 is 23.8 Å². The van der Waals surface area contributed by atoms with Gasteiger partial charge in [-0.25, -0.2) is 0 Å². The van der Waals surface area contributed by atoms with Gasteiger partial charge in [0, 0.05) is 31.3 Å². The molecule has 0 aliphatic carbocycles. The predicted molar refractivity (Wildman–Crippen MR) is 91.4 cm³/mol. The van der Waals surface area contributed by atoms with Crippen molar-refractivity contribution in [2.75, 3.05) is 46.6 Å². The SMILES string of the molecule is COc1ccc(-c2cc(COCC(O)CN3CCOCC3)on2)cc1. The van der Waals surface area contributed by atoms with Crippen LogP contribution < -0.4 is 4.74 Å². The lowest BCUT2D eigenvalue weighted by atomic mass is 10.1. The number of hydrogen-bond acceptors (Lipinski definition) is 7. The van der Waals surface area contributed by atoms with Gasteiger partial charge in [-0.2, -0.15) is 0 Å². The highest BCUT2D eigenvalue weighted by molar-refractivity contribution is 5.59. The molecule has 1 N–H and O–H groups in total. The number of β-amino-alcohol motifs (C(OH)–C–C–N with tert-alkyl or cyclic N) is 1. The van der Waals surface area contributed by atoms with E-state index < -0.39 is 6.10 Å². The molecule has 0 spiro atoms. The minimum atomic E-state index is -0.526. The zero-order chi connectivity index (χ0) is 17.5. The van der Waals surface area contributed by atoms with E-state index in [1.54, 1.807) is 7.11 Å². The number of morpholine rings is 1. The van der Waals surface area contributed by atoms with Crippen LogP contribution in [0.4, 0.5) is 0 Å². The van der Waals surface area contributed by atoms with Crippen LogP contribution in [-0.2, 0) is 16.1 Å². The van der Waals surface area contributed by atoms with E-state index in [-0.39, 0.29) is 13.2 Å². The second-order valence-electron chi connectivity index (χ2n) is 5.99. The van der Waals surface area contributed by atoms with Gasteiger partial charge >= 0.3 is 0 Å². The average Bonchev–Trinajstić information content (AvgIpc) is 3.11. The Bertz CT molecular complexity index is 637. The lowest BCUT2D eigenvalue weighted by Crippen LogP contribution is -2.42. The van der Waals surface area contributed by atoms with Gasteiger partial charge in [0.25, 0.3) is 0 Å². The van der Waals surface area contributed by atoms with Crippen LogP contribution in [0, 0.1) is 0 Å². The van der Waals surface area contributed by atoms with Gasteiger partial charge in [-0.15, -0.1) is 0 Å². The lowest BCUT2D eigenvalue weighted by Gasteiger charge is -2.28. The van der Waals surface area contributed by atoms with E-state index in [9.17, 15) is 5.11 Å². The van der Waals surface area contributed by atoms with Crippen LogP contribution in [0.5, 0.6) is 5.75 Å². The third-order valence-electron chi connectivity index (χ3n) is 4.07. The van der Waals surface area contributed by atoms with E-state index in [4.69, 9.17) is 18.7 Å². The lowest BCUT2D eigenvalue weighted by molar-refractivity contribution is -0.0204. The fourth-order valence-corrected chi connectivity index (χ4v) is 2.71. The number of aliphatic hydroxyl groups excluding tert-OH is 1. The monoisotopic (exact) mass is 348 g/mol. The van der Waals surface area contributed by atoms with Crippen molar-refractivity contribution >= 4 is 0 Å². The Kier molecular flexibility index (Phi) is 6.41. The van der Waals surface area contributed by atoms with Crippen LogP contribution in [0.3, 0.4) is 0 Å². The van der Waals surface area contributed by atoms with Crippen LogP contribution in [0.25, 0.3) is 11.3 Å². The number of aliphatic hydroxyl groups is 1. The quantitative estimate of drug-likeness (QED) is 0.776. The summed E-state index contributed by atoms with van der Waals surface area (Å²) in [5, 5.41) is 14.1. The Morgan fingerprint density at radius 2 is 2.00 bits per heavy atom. The van der Waals surface area contributed by atoms with Gasteiger partial charge in [0.05, 0.1) is 33.0 Å². The molecule has 1 aromatic heterocycles. The molecule has 1 unspecified atom stereocenters. The van der Waals surface area contributed by atoms with E-state index >= 15 is 0 Å². The van der Waals surface area contributed by atoms with E-state index in [1.165, 1.54) is 0 Å². The van der Waals surface area contributed by atoms with E-state index in [0.29, 0.717) is 12.3 Å². The molecule has 1 aromatic carbocycles. The number of rotatable bonds is 8. The van der Waals surface area contributed by atoms with Gasteiger partial charge in [-0.3, -0.25) is 4.90 Å². The number of methoxy groups -OCH3 is 1. The first-order valence-corrected chi connectivity index (χ1v) is 8.40. The minimum absolute atomic E-state index is 0.260. The molecule has 2 heterocycles. The maximum atomic E-state index is 10.0. The van der Waals surface area contributed by atoms with Gasteiger partial charge in [0.2, 0.25) is 0 Å². The molecule has 1 fully saturated rings. The Balaban J connectivity index is 1.43. The summed E-state index contributed by atoms with van der Waals surface area (Å²) in [5.41, 5.74) is 1.69. The molecular formula is C18H24N2O5. The molecule has 7 heteroatoms. The molecule has 1 saturated heterocycles. The van der Waals surface area contributed by atoms with Crippen LogP contribution in [0.1, 0.15) is 5.76 Å². The van der Waals surface area contributed by atoms with Gasteiger partial charge < -0.3 is 23.8 Å². The maximum absolute atomic E-state index is 10.0. The number of nitrogens with zero attached hydrogens (tertiary/aromatic N) is 2. The molecule has 136 valence electrons. The summed E-state index contributed by atoms with van der Waals surface area (Å²) in [5.74, 6) is 1.43. The van der Waals surface area contributed by atoms with Crippen molar-refractivity contribution in [3.05, 3.63) is 36.1 Å². The third kappa shape index (κ3) is 5.27. The van der Waals surface area contributed by atoms with Crippen LogP contribution in [0.15, 0.2) is 34.9 Å². The topological polar surface area (TPSA) is 77.2 Å².